The lowest BCUT2D eigenvalue weighted by Crippen LogP contribution is -2.02. The molecule has 0 aliphatic rings. The third kappa shape index (κ3) is 5.91. The predicted molar refractivity (Wildman–Crippen MR) is 81.6 cm³/mol. The van der Waals surface area contributed by atoms with Crippen LogP contribution in [0.2, 0.25) is 0 Å². The van der Waals surface area contributed by atoms with Gasteiger partial charge in [0.15, 0.2) is 0 Å². The zero-order valence-electron chi connectivity index (χ0n) is 12.4. The number of phenolic OH excluding ortho intramolecular Hbond substituents is 1. The second kappa shape index (κ2) is 9.18. The Balaban J connectivity index is 2.45. The molecule has 1 rings (SSSR count). The number of aromatic hydroxyl groups is 1. The predicted octanol–water partition coefficient (Wildman–Crippen LogP) is 4.09. The molecule has 1 N–H and O–H groups in total. The molecule has 3 heteroatoms. The van der Waals surface area contributed by atoms with Gasteiger partial charge in [-0.2, -0.15) is 0 Å². The van der Waals surface area contributed by atoms with Crippen molar-refractivity contribution >= 4 is 12.0 Å². The molecule has 0 bridgehead atoms. The van der Waals surface area contributed by atoms with Crippen LogP contribution in [0.15, 0.2) is 24.3 Å². The highest BCUT2D eigenvalue weighted by Crippen LogP contribution is 2.18. The Hall–Kier alpha value is -1.77. The normalized spacial score (nSPS) is 10.9. The van der Waals surface area contributed by atoms with Crippen molar-refractivity contribution in [1.82, 2.24) is 0 Å². The van der Waals surface area contributed by atoms with Gasteiger partial charge in [-0.3, -0.25) is 0 Å². The number of aryl methyl sites for hydroxylation is 1. The van der Waals surface area contributed by atoms with Gasteiger partial charge in [0.1, 0.15) is 5.75 Å². The first-order chi connectivity index (χ1) is 9.67. The first-order valence-corrected chi connectivity index (χ1v) is 7.34. The molecule has 0 spiro atoms. The number of rotatable bonds is 8. The molecule has 0 aliphatic heterocycles. The summed E-state index contributed by atoms with van der Waals surface area (Å²) in [6, 6.07) is 5.14. The molecule has 0 radical (unpaired) electrons. The summed E-state index contributed by atoms with van der Waals surface area (Å²) in [5.74, 6) is -0.0610. The monoisotopic (exact) mass is 276 g/mol. The van der Waals surface area contributed by atoms with Crippen LogP contribution in [0.4, 0.5) is 0 Å². The third-order valence-electron chi connectivity index (χ3n) is 3.15. The minimum atomic E-state index is -0.309. The van der Waals surface area contributed by atoms with Crippen LogP contribution < -0.4 is 0 Å². The van der Waals surface area contributed by atoms with Crippen LogP contribution in [0.5, 0.6) is 5.75 Å². The molecule has 1 aromatic carbocycles. The standard InChI is InChI=1S/C17H24O3/c1-3-5-6-7-12-20-17(19)11-9-15-8-10-16(18)13-14(15)4-2/h8-11,13,18H,3-7,12H2,1-2H3/b11-9+. The van der Waals surface area contributed by atoms with Crippen molar-refractivity contribution in [2.24, 2.45) is 0 Å². The van der Waals surface area contributed by atoms with Gasteiger partial charge in [-0.1, -0.05) is 39.2 Å². The van der Waals surface area contributed by atoms with Gasteiger partial charge in [0.25, 0.3) is 0 Å². The van der Waals surface area contributed by atoms with E-state index in [1.807, 2.05) is 6.92 Å². The van der Waals surface area contributed by atoms with E-state index < -0.39 is 0 Å². The molecule has 0 saturated carbocycles. The number of phenols is 1. The highest BCUT2D eigenvalue weighted by molar-refractivity contribution is 5.87. The molecular formula is C17H24O3. The summed E-state index contributed by atoms with van der Waals surface area (Å²) in [4.78, 5) is 11.6. The molecule has 0 atom stereocenters. The zero-order chi connectivity index (χ0) is 14.8. The van der Waals surface area contributed by atoms with Gasteiger partial charge in [0, 0.05) is 6.08 Å². The number of hydrogen-bond acceptors (Lipinski definition) is 3. The fourth-order valence-electron chi connectivity index (χ4n) is 1.97. The Morgan fingerprint density at radius 3 is 2.75 bits per heavy atom. The van der Waals surface area contributed by atoms with Gasteiger partial charge in [0.2, 0.25) is 0 Å². The summed E-state index contributed by atoms with van der Waals surface area (Å²) >= 11 is 0. The summed E-state index contributed by atoms with van der Waals surface area (Å²) in [6.07, 6.45) is 8.38. The van der Waals surface area contributed by atoms with E-state index in [0.29, 0.717) is 6.61 Å². The van der Waals surface area contributed by atoms with E-state index >= 15 is 0 Å². The minimum Gasteiger partial charge on any atom is -0.508 e. The van der Waals surface area contributed by atoms with Gasteiger partial charge < -0.3 is 9.84 Å². The highest BCUT2D eigenvalue weighted by atomic mass is 16.5. The van der Waals surface area contributed by atoms with E-state index in [1.165, 1.54) is 18.9 Å². The molecule has 0 amide bonds. The third-order valence-corrected chi connectivity index (χ3v) is 3.15. The van der Waals surface area contributed by atoms with Crippen LogP contribution in [0, 0.1) is 0 Å². The van der Waals surface area contributed by atoms with Crippen molar-refractivity contribution < 1.29 is 14.6 Å². The van der Waals surface area contributed by atoms with Crippen molar-refractivity contribution in [3.8, 4) is 5.75 Å². The second-order valence-electron chi connectivity index (χ2n) is 4.80. The quantitative estimate of drug-likeness (QED) is 0.442. The summed E-state index contributed by atoms with van der Waals surface area (Å²) in [5, 5.41) is 9.42. The lowest BCUT2D eigenvalue weighted by molar-refractivity contribution is -0.137. The van der Waals surface area contributed by atoms with Crippen molar-refractivity contribution in [1.29, 1.82) is 0 Å². The number of benzene rings is 1. The Morgan fingerprint density at radius 2 is 2.05 bits per heavy atom. The maximum absolute atomic E-state index is 11.6. The first-order valence-electron chi connectivity index (χ1n) is 7.34. The van der Waals surface area contributed by atoms with Crippen LogP contribution in [0.1, 0.15) is 50.7 Å². The molecule has 3 nitrogen and oxygen atoms in total. The smallest absolute Gasteiger partial charge is 0.330 e. The summed E-state index contributed by atoms with van der Waals surface area (Å²) in [7, 11) is 0. The second-order valence-corrected chi connectivity index (χ2v) is 4.80. The summed E-state index contributed by atoms with van der Waals surface area (Å²) in [6.45, 7) is 4.65. The largest absolute Gasteiger partial charge is 0.508 e. The van der Waals surface area contributed by atoms with E-state index in [2.05, 4.69) is 6.92 Å². The summed E-state index contributed by atoms with van der Waals surface area (Å²) < 4.78 is 5.13. The number of ether oxygens (including phenoxy) is 1. The molecule has 0 heterocycles. The number of unbranched alkanes of at least 4 members (excludes halogenated alkanes) is 3. The zero-order valence-corrected chi connectivity index (χ0v) is 12.4. The van der Waals surface area contributed by atoms with Gasteiger partial charge in [-0.05, 0) is 42.2 Å². The summed E-state index contributed by atoms with van der Waals surface area (Å²) in [5.41, 5.74) is 1.95. The van der Waals surface area contributed by atoms with Crippen LogP contribution in [0.3, 0.4) is 0 Å². The fourth-order valence-corrected chi connectivity index (χ4v) is 1.97. The van der Waals surface area contributed by atoms with Gasteiger partial charge in [-0.15, -0.1) is 0 Å². The van der Waals surface area contributed by atoms with Crippen molar-refractivity contribution in [3.05, 3.63) is 35.4 Å². The maximum atomic E-state index is 11.6. The van der Waals surface area contributed by atoms with Crippen LogP contribution >= 0.6 is 0 Å². The highest BCUT2D eigenvalue weighted by Gasteiger charge is 2.01. The maximum Gasteiger partial charge on any atom is 0.330 e. The molecule has 0 saturated heterocycles. The van der Waals surface area contributed by atoms with Gasteiger partial charge in [0.05, 0.1) is 6.61 Å². The van der Waals surface area contributed by atoms with Crippen molar-refractivity contribution in [2.45, 2.75) is 46.0 Å². The molecule has 0 aromatic heterocycles. The number of esters is 1. The number of hydrogen-bond donors (Lipinski definition) is 1. The Bertz CT molecular complexity index is 450. The van der Waals surface area contributed by atoms with E-state index in [4.69, 9.17) is 4.74 Å². The molecule has 1 aromatic rings. The topological polar surface area (TPSA) is 46.5 Å². The SMILES string of the molecule is CCCCCCOC(=O)/C=C/c1ccc(O)cc1CC. The average Bonchev–Trinajstić information content (AvgIpc) is 2.45. The molecule has 0 aliphatic carbocycles. The van der Waals surface area contributed by atoms with Crippen molar-refractivity contribution in [2.75, 3.05) is 6.61 Å². The fraction of sp³-hybridized carbons (Fsp3) is 0.471. The van der Waals surface area contributed by atoms with Crippen molar-refractivity contribution in [3.63, 3.8) is 0 Å². The molecular weight excluding hydrogens is 252 g/mol. The van der Waals surface area contributed by atoms with E-state index in [1.54, 1.807) is 24.3 Å². The first kappa shape index (κ1) is 16.3. The average molecular weight is 276 g/mol. The Labute approximate surface area is 121 Å². The van der Waals surface area contributed by atoms with Gasteiger partial charge >= 0.3 is 5.97 Å². The van der Waals surface area contributed by atoms with Gasteiger partial charge in [-0.25, -0.2) is 4.79 Å². The minimum absolute atomic E-state index is 0.248. The van der Waals surface area contributed by atoms with E-state index in [9.17, 15) is 9.90 Å². The van der Waals surface area contributed by atoms with E-state index in [0.717, 1.165) is 30.4 Å². The van der Waals surface area contributed by atoms with Crippen LogP contribution in [-0.4, -0.2) is 17.7 Å². The molecule has 0 fully saturated rings. The van der Waals surface area contributed by atoms with E-state index in [-0.39, 0.29) is 11.7 Å². The molecule has 20 heavy (non-hydrogen) atoms. The van der Waals surface area contributed by atoms with Crippen LogP contribution in [0.25, 0.3) is 6.08 Å². The molecule has 110 valence electrons. The Kier molecular flexibility index (Phi) is 7.48. The lowest BCUT2D eigenvalue weighted by atomic mass is 10.0. The number of carbonyl (C=O) groups is 1. The Morgan fingerprint density at radius 1 is 1.25 bits per heavy atom. The molecule has 0 unspecified atom stereocenters. The lowest BCUT2D eigenvalue weighted by Gasteiger charge is -2.04. The van der Waals surface area contributed by atoms with Crippen LogP contribution in [-0.2, 0) is 16.0 Å². The number of carbonyl (C=O) groups excluding carboxylic acids is 1.